The minimum absolute atomic E-state index is 0.0947. The molecule has 1 aromatic rings. The molecule has 0 bridgehead atoms. The van der Waals surface area contributed by atoms with Gasteiger partial charge in [0.05, 0.1) is 31.1 Å². The first-order valence-electron chi connectivity index (χ1n) is 10.5. The van der Waals surface area contributed by atoms with Crippen LogP contribution in [0.15, 0.2) is 18.2 Å². The highest BCUT2D eigenvalue weighted by molar-refractivity contribution is 7.92. The van der Waals surface area contributed by atoms with Gasteiger partial charge >= 0.3 is 0 Å². The first kappa shape index (κ1) is 21.1. The van der Waals surface area contributed by atoms with Crippen LogP contribution in [0.1, 0.15) is 35.7 Å². The van der Waals surface area contributed by atoms with E-state index in [4.69, 9.17) is 4.74 Å². The van der Waals surface area contributed by atoms with E-state index in [9.17, 15) is 18.0 Å². The van der Waals surface area contributed by atoms with Crippen molar-refractivity contribution in [3.63, 3.8) is 0 Å². The third kappa shape index (κ3) is 4.05. The first-order chi connectivity index (χ1) is 14.3. The van der Waals surface area contributed by atoms with Gasteiger partial charge in [-0.25, -0.2) is 8.42 Å². The number of likely N-dealkylation sites (tertiary alicyclic amines) is 1. The number of morpholine rings is 1. The van der Waals surface area contributed by atoms with Crippen LogP contribution in [-0.4, -0.2) is 81.7 Å². The fourth-order valence-electron chi connectivity index (χ4n) is 4.83. The van der Waals surface area contributed by atoms with E-state index in [1.807, 2.05) is 17.9 Å². The van der Waals surface area contributed by atoms with Gasteiger partial charge in [0.15, 0.2) is 0 Å². The van der Waals surface area contributed by atoms with Crippen LogP contribution in [0.25, 0.3) is 0 Å². The summed E-state index contributed by atoms with van der Waals surface area (Å²) in [7, 11) is -3.36. The summed E-state index contributed by atoms with van der Waals surface area (Å²) in [6, 6.07) is 5.08. The fraction of sp³-hybridized carbons (Fsp3) is 0.619. The fourth-order valence-corrected chi connectivity index (χ4v) is 6.09. The summed E-state index contributed by atoms with van der Waals surface area (Å²) in [6.45, 7) is 5.30. The maximum absolute atomic E-state index is 13.2. The molecular weight excluding hydrogens is 406 g/mol. The first-order valence-corrected chi connectivity index (χ1v) is 12.4. The van der Waals surface area contributed by atoms with E-state index in [2.05, 4.69) is 0 Å². The number of hydrogen-bond donors (Lipinski definition) is 0. The minimum Gasteiger partial charge on any atom is -0.378 e. The Bertz CT molecular complexity index is 942. The molecule has 2 atom stereocenters. The molecule has 30 heavy (non-hydrogen) atoms. The molecule has 0 unspecified atom stereocenters. The smallest absolute Gasteiger partial charge is 0.253 e. The number of nitrogens with zero attached hydrogens (tertiary/aromatic N) is 3. The quantitative estimate of drug-likeness (QED) is 0.710. The molecule has 0 radical (unpaired) electrons. The van der Waals surface area contributed by atoms with Crippen LogP contribution in [-0.2, 0) is 26.0 Å². The Labute approximate surface area is 177 Å². The van der Waals surface area contributed by atoms with E-state index in [-0.39, 0.29) is 23.8 Å². The highest BCUT2D eigenvalue weighted by Crippen LogP contribution is 2.35. The Morgan fingerprint density at radius 1 is 1.10 bits per heavy atom. The Morgan fingerprint density at radius 2 is 1.83 bits per heavy atom. The molecular formula is C21H29N3O5S. The molecule has 1 aromatic carbocycles. The molecule has 3 aliphatic heterocycles. The topological polar surface area (TPSA) is 87.2 Å². The summed E-state index contributed by atoms with van der Waals surface area (Å²) in [6.07, 6.45) is 3.39. The van der Waals surface area contributed by atoms with Gasteiger partial charge < -0.3 is 14.5 Å². The van der Waals surface area contributed by atoms with Gasteiger partial charge in [-0.15, -0.1) is 0 Å². The Morgan fingerprint density at radius 3 is 2.53 bits per heavy atom. The molecule has 3 aliphatic rings. The monoisotopic (exact) mass is 435 g/mol. The molecule has 4 rings (SSSR count). The predicted molar refractivity (Wildman–Crippen MR) is 113 cm³/mol. The SMILES string of the molecule is C[C@@H]1Cc2cc(C(=O)N3CCC[C@H](C(=O)N4CCOCC4)C3)ccc2N1S(C)(=O)=O. The number of piperidine rings is 1. The van der Waals surface area contributed by atoms with Crippen LogP contribution in [0.3, 0.4) is 0 Å². The predicted octanol–water partition coefficient (Wildman–Crippen LogP) is 1.11. The van der Waals surface area contributed by atoms with Crippen molar-refractivity contribution in [2.24, 2.45) is 5.92 Å². The summed E-state index contributed by atoms with van der Waals surface area (Å²) in [5.74, 6) is -0.152. The Balaban J connectivity index is 1.48. The van der Waals surface area contributed by atoms with E-state index < -0.39 is 10.0 Å². The number of amides is 2. The number of hydrogen-bond acceptors (Lipinski definition) is 5. The maximum atomic E-state index is 13.2. The van der Waals surface area contributed by atoms with Crippen molar-refractivity contribution in [3.05, 3.63) is 29.3 Å². The standard InChI is InChI=1S/C21H29N3O5S/c1-15-12-18-13-16(5-6-19(18)24(15)30(2,27)28)20(25)23-7-3-4-17(14-23)21(26)22-8-10-29-11-9-22/h5-6,13,15,17H,3-4,7-12,14H2,1-2H3/t15-,17+/m1/s1. The second-order valence-electron chi connectivity index (χ2n) is 8.48. The number of anilines is 1. The lowest BCUT2D eigenvalue weighted by molar-refractivity contribution is -0.141. The van der Waals surface area contributed by atoms with Gasteiger partial charge in [-0.05, 0) is 49.9 Å². The largest absolute Gasteiger partial charge is 0.378 e. The van der Waals surface area contributed by atoms with Crippen LogP contribution in [0, 0.1) is 5.92 Å². The molecule has 164 valence electrons. The van der Waals surface area contributed by atoms with Crippen LogP contribution < -0.4 is 4.31 Å². The summed E-state index contributed by atoms with van der Waals surface area (Å²) < 4.78 is 31.0. The van der Waals surface area contributed by atoms with E-state index >= 15 is 0 Å². The van der Waals surface area contributed by atoms with Crippen LogP contribution in [0.4, 0.5) is 5.69 Å². The number of sulfonamides is 1. The van der Waals surface area contributed by atoms with Crippen molar-refractivity contribution in [2.45, 2.75) is 32.2 Å². The molecule has 3 heterocycles. The third-order valence-corrected chi connectivity index (χ3v) is 7.49. The highest BCUT2D eigenvalue weighted by atomic mass is 32.2. The molecule has 2 saturated heterocycles. The van der Waals surface area contributed by atoms with Crippen molar-refractivity contribution in [1.29, 1.82) is 0 Å². The normalized spacial score (nSPS) is 24.7. The molecule has 0 aliphatic carbocycles. The lowest BCUT2D eigenvalue weighted by Gasteiger charge is -2.36. The number of fused-ring (bicyclic) bond motifs is 1. The van der Waals surface area contributed by atoms with Gasteiger partial charge in [0.25, 0.3) is 5.91 Å². The third-order valence-electron chi connectivity index (χ3n) is 6.22. The van der Waals surface area contributed by atoms with Gasteiger partial charge in [0.1, 0.15) is 0 Å². The zero-order valence-electron chi connectivity index (χ0n) is 17.5. The Hall–Kier alpha value is -2.13. The lowest BCUT2D eigenvalue weighted by Crippen LogP contribution is -2.49. The molecule has 0 saturated carbocycles. The van der Waals surface area contributed by atoms with Gasteiger partial charge in [-0.3, -0.25) is 13.9 Å². The van der Waals surface area contributed by atoms with Gasteiger partial charge in [-0.1, -0.05) is 0 Å². The second-order valence-corrected chi connectivity index (χ2v) is 10.3. The van der Waals surface area contributed by atoms with E-state index in [0.29, 0.717) is 57.1 Å². The molecule has 8 nitrogen and oxygen atoms in total. The highest BCUT2D eigenvalue weighted by Gasteiger charge is 2.35. The van der Waals surface area contributed by atoms with Crippen LogP contribution in [0.5, 0.6) is 0 Å². The Kier molecular flexibility index (Phi) is 5.76. The van der Waals surface area contributed by atoms with Crippen molar-refractivity contribution >= 4 is 27.5 Å². The van der Waals surface area contributed by atoms with Gasteiger partial charge in [0, 0.05) is 37.8 Å². The summed E-state index contributed by atoms with van der Waals surface area (Å²) in [5.41, 5.74) is 2.08. The van der Waals surface area contributed by atoms with Crippen molar-refractivity contribution < 1.29 is 22.7 Å². The zero-order chi connectivity index (χ0) is 21.5. The van der Waals surface area contributed by atoms with Gasteiger partial charge in [0.2, 0.25) is 15.9 Å². The molecule has 2 amide bonds. The molecule has 0 spiro atoms. The van der Waals surface area contributed by atoms with E-state index in [1.165, 1.54) is 10.6 Å². The summed E-state index contributed by atoms with van der Waals surface area (Å²) in [4.78, 5) is 29.6. The second kappa shape index (κ2) is 8.19. The van der Waals surface area contributed by atoms with Crippen molar-refractivity contribution in [2.75, 3.05) is 50.0 Å². The van der Waals surface area contributed by atoms with E-state index in [0.717, 1.165) is 18.4 Å². The average Bonchev–Trinajstić information content (AvgIpc) is 3.08. The molecule has 2 fully saturated rings. The van der Waals surface area contributed by atoms with E-state index in [1.54, 1.807) is 17.0 Å². The number of rotatable bonds is 3. The van der Waals surface area contributed by atoms with Gasteiger partial charge in [-0.2, -0.15) is 0 Å². The molecule has 0 N–H and O–H groups in total. The number of ether oxygens (including phenoxy) is 1. The lowest BCUT2D eigenvalue weighted by atomic mass is 9.95. The van der Waals surface area contributed by atoms with Crippen LogP contribution >= 0.6 is 0 Å². The maximum Gasteiger partial charge on any atom is 0.253 e. The van der Waals surface area contributed by atoms with Crippen LogP contribution in [0.2, 0.25) is 0 Å². The molecule has 9 heteroatoms. The van der Waals surface area contributed by atoms with Crippen molar-refractivity contribution in [3.8, 4) is 0 Å². The average molecular weight is 436 g/mol. The number of carbonyl (C=O) groups is 2. The number of benzene rings is 1. The molecule has 0 aromatic heterocycles. The summed E-state index contributed by atoms with van der Waals surface area (Å²) in [5, 5.41) is 0. The van der Waals surface area contributed by atoms with Crippen molar-refractivity contribution in [1.82, 2.24) is 9.80 Å². The summed E-state index contributed by atoms with van der Waals surface area (Å²) >= 11 is 0. The minimum atomic E-state index is -3.36. The zero-order valence-corrected chi connectivity index (χ0v) is 18.4. The number of carbonyl (C=O) groups excluding carboxylic acids is 2.